The Morgan fingerprint density at radius 1 is 1.44 bits per heavy atom. The molecule has 1 N–H and O–H groups in total. The van der Waals surface area contributed by atoms with Gasteiger partial charge in [-0.25, -0.2) is 4.98 Å². The summed E-state index contributed by atoms with van der Waals surface area (Å²) < 4.78 is 0. The van der Waals surface area contributed by atoms with E-state index < -0.39 is 0 Å². The zero-order valence-corrected chi connectivity index (χ0v) is 15.1. The molecule has 2 heterocycles. The van der Waals surface area contributed by atoms with E-state index in [9.17, 15) is 9.59 Å². The van der Waals surface area contributed by atoms with Gasteiger partial charge in [0.25, 0.3) is 5.56 Å². The topological polar surface area (TPSA) is 66.1 Å². The van der Waals surface area contributed by atoms with Crippen molar-refractivity contribution >= 4 is 17.5 Å². The lowest BCUT2D eigenvalue weighted by Gasteiger charge is -2.33. The van der Waals surface area contributed by atoms with Gasteiger partial charge in [-0.15, -0.1) is 0 Å². The van der Waals surface area contributed by atoms with Crippen molar-refractivity contribution in [1.29, 1.82) is 0 Å². The molecular formula is C19H20ClN3O2. The lowest BCUT2D eigenvalue weighted by molar-refractivity contribution is -0.130. The Bertz CT molecular complexity index is 830. The molecule has 0 fully saturated rings. The van der Waals surface area contributed by atoms with Crippen LogP contribution in [0, 0.1) is 12.1 Å². The van der Waals surface area contributed by atoms with E-state index in [0.29, 0.717) is 35.1 Å². The third-order valence-electron chi connectivity index (χ3n) is 4.54. The smallest absolute Gasteiger partial charge is 0.256 e. The number of aromatic amines is 1. The van der Waals surface area contributed by atoms with Gasteiger partial charge < -0.3 is 9.88 Å². The summed E-state index contributed by atoms with van der Waals surface area (Å²) in [5.41, 5.74) is 1.83. The number of aromatic nitrogens is 2. The molecule has 0 radical (unpaired) electrons. The van der Waals surface area contributed by atoms with E-state index in [1.165, 1.54) is 6.92 Å². The molecule has 5 nitrogen and oxygen atoms in total. The lowest BCUT2D eigenvalue weighted by atomic mass is 9.90. The van der Waals surface area contributed by atoms with Crippen molar-refractivity contribution < 1.29 is 4.79 Å². The Morgan fingerprint density at radius 2 is 2.24 bits per heavy atom. The predicted molar refractivity (Wildman–Crippen MR) is 96.3 cm³/mol. The van der Waals surface area contributed by atoms with Crippen LogP contribution in [0.15, 0.2) is 16.9 Å². The molecule has 1 aliphatic heterocycles. The van der Waals surface area contributed by atoms with E-state index >= 15 is 0 Å². The molecule has 0 aliphatic carbocycles. The molecule has 6 heteroatoms. The van der Waals surface area contributed by atoms with Crippen LogP contribution in [0.2, 0.25) is 5.02 Å². The van der Waals surface area contributed by atoms with Crippen molar-refractivity contribution in [3.05, 3.63) is 50.9 Å². The van der Waals surface area contributed by atoms with Crippen molar-refractivity contribution in [3.63, 3.8) is 0 Å². The number of H-pyrrole nitrogens is 1. The van der Waals surface area contributed by atoms with Crippen LogP contribution in [0.3, 0.4) is 0 Å². The molecule has 0 saturated heterocycles. The highest BCUT2D eigenvalue weighted by Crippen LogP contribution is 2.30. The van der Waals surface area contributed by atoms with Gasteiger partial charge in [-0.3, -0.25) is 9.59 Å². The standard InChI is InChI=1S/C19H20ClN3O2/c1-3-4-5-14-10-23(12(2)24)11-16-17(14)21-18(22-19(16)25)13-6-8-15(20)9-7-13/h6,8,14H,3-5,10-11H2,1-2H3,(H,21,22,25). The number of nitrogens with zero attached hydrogens (tertiary/aromatic N) is 2. The third kappa shape index (κ3) is 3.69. The number of carbonyl (C=O) groups is 1. The van der Waals surface area contributed by atoms with Gasteiger partial charge in [0.2, 0.25) is 5.91 Å². The molecule has 0 saturated carbocycles. The van der Waals surface area contributed by atoms with E-state index in [1.807, 2.05) is 0 Å². The molecule has 1 aliphatic rings. The van der Waals surface area contributed by atoms with E-state index in [4.69, 9.17) is 16.6 Å². The maximum atomic E-state index is 12.6. The van der Waals surface area contributed by atoms with Crippen LogP contribution < -0.4 is 5.56 Å². The number of nitrogens with one attached hydrogen (secondary N) is 1. The van der Waals surface area contributed by atoms with E-state index in [0.717, 1.165) is 25.0 Å². The normalized spacial score (nSPS) is 16.3. The molecule has 2 aromatic rings. The summed E-state index contributed by atoms with van der Waals surface area (Å²) in [6, 6.07) is 9.16. The number of fused-ring (bicyclic) bond motifs is 1. The summed E-state index contributed by atoms with van der Waals surface area (Å²) in [5.74, 6) is 0.524. The molecule has 1 aromatic carbocycles. The first-order valence-corrected chi connectivity index (χ1v) is 8.85. The highest BCUT2D eigenvalue weighted by Gasteiger charge is 2.30. The Kier molecular flexibility index (Phi) is 5.10. The third-order valence-corrected chi connectivity index (χ3v) is 4.76. The molecule has 25 heavy (non-hydrogen) atoms. The number of carbonyl (C=O) groups excluding carboxylic acids is 1. The molecule has 1 atom stereocenters. The van der Waals surface area contributed by atoms with Crippen LogP contribution >= 0.6 is 11.6 Å². The zero-order valence-electron chi connectivity index (χ0n) is 14.4. The predicted octanol–water partition coefficient (Wildman–Crippen LogP) is 3.33. The van der Waals surface area contributed by atoms with Crippen LogP contribution in [0.1, 0.15) is 50.3 Å². The van der Waals surface area contributed by atoms with Crippen molar-refractivity contribution in [3.8, 4) is 11.4 Å². The Labute approximate surface area is 152 Å². The van der Waals surface area contributed by atoms with Crippen LogP contribution in [0.25, 0.3) is 11.4 Å². The number of unbranched alkanes of at least 4 members (excludes halogenated alkanes) is 1. The number of amides is 1. The molecule has 130 valence electrons. The van der Waals surface area contributed by atoms with E-state index in [1.54, 1.807) is 17.0 Å². The molecular weight excluding hydrogens is 338 g/mol. The van der Waals surface area contributed by atoms with Crippen LogP contribution in [-0.2, 0) is 11.3 Å². The minimum atomic E-state index is -0.198. The largest absolute Gasteiger partial charge is 0.338 e. The quantitative estimate of drug-likeness (QED) is 0.912. The highest BCUT2D eigenvalue weighted by atomic mass is 35.5. The first-order chi connectivity index (χ1) is 12.0. The Balaban J connectivity index is 2.05. The van der Waals surface area contributed by atoms with Crippen molar-refractivity contribution in [1.82, 2.24) is 14.9 Å². The summed E-state index contributed by atoms with van der Waals surface area (Å²) >= 11 is 5.86. The van der Waals surface area contributed by atoms with Crippen molar-refractivity contribution in [2.75, 3.05) is 6.54 Å². The van der Waals surface area contributed by atoms with Crippen molar-refractivity contribution in [2.45, 2.75) is 45.6 Å². The van der Waals surface area contributed by atoms with Gasteiger partial charge in [0.1, 0.15) is 5.82 Å². The van der Waals surface area contributed by atoms with Gasteiger partial charge in [-0.05, 0) is 24.6 Å². The fraction of sp³-hybridized carbons (Fsp3) is 0.421. The maximum absolute atomic E-state index is 12.6. The SMILES string of the molecule is CCCCC1CN(C(C)=O)Cc2c1nc(-c1c#cc(Cl)cc1)[nH]c2=O. The van der Waals surface area contributed by atoms with Gasteiger partial charge in [-0.2, -0.15) is 0 Å². The number of halogens is 1. The molecule has 1 unspecified atom stereocenters. The number of rotatable bonds is 4. The van der Waals surface area contributed by atoms with Gasteiger partial charge in [-0.1, -0.05) is 37.4 Å². The first kappa shape index (κ1) is 17.5. The minimum absolute atomic E-state index is 0.0174. The average molecular weight is 358 g/mol. The van der Waals surface area contributed by atoms with E-state index in [-0.39, 0.29) is 17.4 Å². The van der Waals surface area contributed by atoms with Crippen LogP contribution in [0.4, 0.5) is 0 Å². The van der Waals surface area contributed by atoms with E-state index in [2.05, 4.69) is 24.0 Å². The summed E-state index contributed by atoms with van der Waals surface area (Å²) in [4.78, 5) is 33.7. The summed E-state index contributed by atoms with van der Waals surface area (Å²) in [6.45, 7) is 4.58. The Morgan fingerprint density at radius 3 is 2.88 bits per heavy atom. The summed E-state index contributed by atoms with van der Waals surface area (Å²) in [6.07, 6.45) is 2.99. The Hall–Kier alpha value is -2.32. The highest BCUT2D eigenvalue weighted by molar-refractivity contribution is 6.30. The summed E-state index contributed by atoms with van der Waals surface area (Å²) in [7, 11) is 0. The van der Waals surface area contributed by atoms with Gasteiger partial charge in [0.15, 0.2) is 0 Å². The second-order valence-electron chi connectivity index (χ2n) is 6.36. The fourth-order valence-corrected chi connectivity index (χ4v) is 3.27. The molecule has 1 aromatic heterocycles. The van der Waals surface area contributed by atoms with Crippen LogP contribution in [0.5, 0.6) is 0 Å². The van der Waals surface area contributed by atoms with Crippen molar-refractivity contribution in [2.24, 2.45) is 0 Å². The second kappa shape index (κ2) is 7.28. The van der Waals surface area contributed by atoms with Gasteiger partial charge in [0.05, 0.1) is 28.4 Å². The van der Waals surface area contributed by atoms with Crippen LogP contribution in [-0.4, -0.2) is 27.3 Å². The minimum Gasteiger partial charge on any atom is -0.338 e. The van der Waals surface area contributed by atoms with Gasteiger partial charge in [0, 0.05) is 19.4 Å². The summed E-state index contributed by atoms with van der Waals surface area (Å²) in [5, 5.41) is 0.460. The number of hydrogen-bond donors (Lipinski definition) is 1. The molecule has 0 spiro atoms. The average Bonchev–Trinajstić information content (AvgIpc) is 2.60. The molecule has 1 amide bonds. The zero-order chi connectivity index (χ0) is 18.0. The maximum Gasteiger partial charge on any atom is 0.256 e. The molecule has 0 bridgehead atoms. The lowest BCUT2D eigenvalue weighted by Crippen LogP contribution is -2.40. The monoisotopic (exact) mass is 357 g/mol. The second-order valence-corrected chi connectivity index (χ2v) is 6.77. The fourth-order valence-electron chi connectivity index (χ4n) is 3.16. The molecule has 3 rings (SSSR count). The van der Waals surface area contributed by atoms with Gasteiger partial charge >= 0.3 is 0 Å². The number of hydrogen-bond acceptors (Lipinski definition) is 3. The first-order valence-electron chi connectivity index (χ1n) is 8.48.